The van der Waals surface area contributed by atoms with E-state index in [9.17, 15) is 16.8 Å². The molecule has 6 nitrogen and oxygen atoms in total. The van der Waals surface area contributed by atoms with Gasteiger partial charge in [-0.3, -0.25) is 0 Å². The molecule has 0 fully saturated rings. The fraction of sp³-hybridized carbons (Fsp3) is 0.250. The average molecular weight is 473 g/mol. The molecule has 0 amide bonds. The fourth-order valence-electron chi connectivity index (χ4n) is 3.74. The molecule has 0 aliphatic carbocycles. The molecule has 1 aliphatic rings. The van der Waals surface area contributed by atoms with Crippen molar-refractivity contribution in [3.63, 3.8) is 0 Å². The Bertz CT molecular complexity index is 1270. The Balaban J connectivity index is 1.48. The standard InChI is InChI=1S/C24H24O6S2/c25-31(26)18-23(32(27,28)20-11-5-2-6-12-20)24-21(13-7-14-22(24)31)30-16-8-15-29-17-19-9-3-1-4-10-19/h1-7,9-14,23H,8,15-18H2. The summed E-state index contributed by atoms with van der Waals surface area (Å²) in [5, 5.41) is -1.20. The van der Waals surface area contributed by atoms with E-state index >= 15 is 0 Å². The van der Waals surface area contributed by atoms with Gasteiger partial charge in [0.25, 0.3) is 0 Å². The van der Waals surface area contributed by atoms with Crippen LogP contribution in [0, 0.1) is 0 Å². The molecule has 0 aromatic heterocycles. The van der Waals surface area contributed by atoms with E-state index in [1.54, 1.807) is 30.3 Å². The molecule has 0 spiro atoms. The SMILES string of the molecule is O=S1(=O)CC(S(=O)(=O)c2ccccc2)c2c(OCCCOCc3ccccc3)cccc21. The molecular weight excluding hydrogens is 448 g/mol. The van der Waals surface area contributed by atoms with E-state index in [1.165, 1.54) is 18.2 Å². The molecular formula is C24H24O6S2. The quantitative estimate of drug-likeness (QED) is 0.438. The third-order valence-electron chi connectivity index (χ3n) is 5.30. The maximum atomic E-state index is 13.2. The number of sulfone groups is 2. The predicted molar refractivity (Wildman–Crippen MR) is 121 cm³/mol. The van der Waals surface area contributed by atoms with E-state index in [1.807, 2.05) is 30.3 Å². The highest BCUT2D eigenvalue weighted by Crippen LogP contribution is 2.45. The number of ether oxygens (including phenoxy) is 2. The molecule has 0 N–H and O–H groups in total. The Kier molecular flexibility index (Phi) is 6.64. The zero-order chi connectivity index (χ0) is 22.6. The van der Waals surface area contributed by atoms with E-state index in [-0.39, 0.29) is 27.7 Å². The van der Waals surface area contributed by atoms with E-state index in [0.29, 0.717) is 19.6 Å². The second-order valence-corrected chi connectivity index (χ2v) is 11.7. The van der Waals surface area contributed by atoms with Crippen LogP contribution in [0.5, 0.6) is 5.75 Å². The first-order chi connectivity index (χ1) is 15.4. The highest BCUT2D eigenvalue weighted by molar-refractivity contribution is 7.96. The van der Waals surface area contributed by atoms with Gasteiger partial charge in [0.2, 0.25) is 0 Å². The first-order valence-corrected chi connectivity index (χ1v) is 13.5. The van der Waals surface area contributed by atoms with Gasteiger partial charge in [0, 0.05) is 12.0 Å². The first-order valence-electron chi connectivity index (χ1n) is 10.3. The molecule has 1 atom stereocenters. The van der Waals surface area contributed by atoms with Crippen molar-refractivity contribution in [3.05, 3.63) is 90.0 Å². The van der Waals surface area contributed by atoms with Gasteiger partial charge in [-0.05, 0) is 29.8 Å². The number of hydrogen-bond donors (Lipinski definition) is 0. The van der Waals surface area contributed by atoms with Crippen molar-refractivity contribution in [2.24, 2.45) is 0 Å². The lowest BCUT2D eigenvalue weighted by molar-refractivity contribution is 0.107. The monoisotopic (exact) mass is 472 g/mol. The third kappa shape index (κ3) is 4.72. The smallest absolute Gasteiger partial charge is 0.186 e. The molecule has 4 rings (SSSR count). The van der Waals surface area contributed by atoms with Crippen molar-refractivity contribution in [3.8, 4) is 5.75 Å². The van der Waals surface area contributed by atoms with E-state index < -0.39 is 30.7 Å². The van der Waals surface area contributed by atoms with Crippen LogP contribution in [0.15, 0.2) is 88.7 Å². The summed E-state index contributed by atoms with van der Waals surface area (Å²) in [6.45, 7) is 1.24. The molecule has 1 heterocycles. The average Bonchev–Trinajstić information content (AvgIpc) is 3.10. The largest absolute Gasteiger partial charge is 0.493 e. The van der Waals surface area contributed by atoms with Gasteiger partial charge in [-0.1, -0.05) is 54.6 Å². The highest BCUT2D eigenvalue weighted by atomic mass is 32.2. The van der Waals surface area contributed by atoms with Crippen LogP contribution in [-0.4, -0.2) is 35.8 Å². The topological polar surface area (TPSA) is 86.7 Å². The number of rotatable bonds is 9. The molecule has 0 saturated heterocycles. The van der Waals surface area contributed by atoms with Crippen LogP contribution in [0.2, 0.25) is 0 Å². The Morgan fingerprint density at radius 2 is 1.53 bits per heavy atom. The summed E-state index contributed by atoms with van der Waals surface area (Å²) in [7, 11) is -7.62. The summed E-state index contributed by atoms with van der Waals surface area (Å²) < 4.78 is 63.4. The summed E-state index contributed by atoms with van der Waals surface area (Å²) in [5.41, 5.74) is 1.30. The Labute approximate surface area is 188 Å². The Hall–Kier alpha value is -2.68. The lowest BCUT2D eigenvalue weighted by Gasteiger charge is -2.16. The van der Waals surface area contributed by atoms with Crippen molar-refractivity contribution in [2.75, 3.05) is 19.0 Å². The molecule has 1 aliphatic heterocycles. The van der Waals surface area contributed by atoms with Crippen LogP contribution in [-0.2, 0) is 31.0 Å². The van der Waals surface area contributed by atoms with E-state index in [0.717, 1.165) is 5.56 Å². The second kappa shape index (κ2) is 9.44. The Morgan fingerprint density at radius 1 is 0.844 bits per heavy atom. The van der Waals surface area contributed by atoms with Crippen LogP contribution in [0.3, 0.4) is 0 Å². The summed E-state index contributed by atoms with van der Waals surface area (Å²) in [6, 6.07) is 22.4. The lowest BCUT2D eigenvalue weighted by atomic mass is 10.1. The van der Waals surface area contributed by atoms with Crippen LogP contribution in [0.1, 0.15) is 22.8 Å². The van der Waals surface area contributed by atoms with Crippen molar-refractivity contribution < 1.29 is 26.3 Å². The van der Waals surface area contributed by atoms with Gasteiger partial charge in [0.1, 0.15) is 11.0 Å². The minimum Gasteiger partial charge on any atom is -0.493 e. The molecule has 0 radical (unpaired) electrons. The minimum atomic E-state index is -3.90. The molecule has 1 unspecified atom stereocenters. The van der Waals surface area contributed by atoms with Crippen molar-refractivity contribution >= 4 is 19.7 Å². The van der Waals surface area contributed by atoms with Crippen LogP contribution < -0.4 is 4.74 Å². The molecule has 0 saturated carbocycles. The summed E-state index contributed by atoms with van der Waals surface area (Å²) in [6.07, 6.45) is 0.583. The first kappa shape index (κ1) is 22.5. The zero-order valence-electron chi connectivity index (χ0n) is 17.4. The van der Waals surface area contributed by atoms with Gasteiger partial charge in [-0.25, -0.2) is 16.8 Å². The summed E-state index contributed by atoms with van der Waals surface area (Å²) in [4.78, 5) is 0.122. The predicted octanol–water partition coefficient (Wildman–Crippen LogP) is 3.97. The van der Waals surface area contributed by atoms with Gasteiger partial charge in [-0.15, -0.1) is 0 Å². The van der Waals surface area contributed by atoms with Crippen LogP contribution >= 0.6 is 0 Å². The zero-order valence-corrected chi connectivity index (χ0v) is 19.0. The summed E-state index contributed by atoms with van der Waals surface area (Å²) >= 11 is 0. The van der Waals surface area contributed by atoms with Crippen molar-refractivity contribution in [1.29, 1.82) is 0 Å². The molecule has 3 aromatic rings. The lowest BCUT2D eigenvalue weighted by Crippen LogP contribution is -2.16. The van der Waals surface area contributed by atoms with Crippen LogP contribution in [0.25, 0.3) is 0 Å². The molecule has 3 aromatic carbocycles. The molecule has 0 bridgehead atoms. The molecule has 32 heavy (non-hydrogen) atoms. The second-order valence-electron chi connectivity index (χ2n) is 7.54. The normalized spacial score (nSPS) is 17.1. The summed E-state index contributed by atoms with van der Waals surface area (Å²) in [5.74, 6) is -0.198. The number of hydrogen-bond acceptors (Lipinski definition) is 6. The Morgan fingerprint density at radius 3 is 2.25 bits per heavy atom. The number of fused-ring (bicyclic) bond motifs is 1. The molecule has 168 valence electrons. The van der Waals surface area contributed by atoms with Gasteiger partial charge < -0.3 is 9.47 Å². The minimum absolute atomic E-state index is 0.0276. The fourth-order valence-corrected chi connectivity index (χ4v) is 8.09. The van der Waals surface area contributed by atoms with Gasteiger partial charge in [-0.2, -0.15) is 0 Å². The van der Waals surface area contributed by atoms with E-state index in [4.69, 9.17) is 9.47 Å². The highest BCUT2D eigenvalue weighted by Gasteiger charge is 2.45. The van der Waals surface area contributed by atoms with Crippen molar-refractivity contribution in [2.45, 2.75) is 28.1 Å². The van der Waals surface area contributed by atoms with E-state index in [2.05, 4.69) is 0 Å². The van der Waals surface area contributed by atoms with Gasteiger partial charge in [0.15, 0.2) is 19.7 Å². The third-order valence-corrected chi connectivity index (χ3v) is 9.39. The van der Waals surface area contributed by atoms with Crippen LogP contribution in [0.4, 0.5) is 0 Å². The number of benzene rings is 3. The maximum absolute atomic E-state index is 13.2. The van der Waals surface area contributed by atoms with Gasteiger partial charge in [0.05, 0.1) is 35.4 Å². The maximum Gasteiger partial charge on any atom is 0.186 e. The van der Waals surface area contributed by atoms with Gasteiger partial charge >= 0.3 is 0 Å². The molecule has 8 heteroatoms. The van der Waals surface area contributed by atoms with Crippen molar-refractivity contribution in [1.82, 2.24) is 0 Å².